The number of fused-ring (bicyclic) bond motifs is 1. The molecule has 1 aliphatic heterocycles. The van der Waals surface area contributed by atoms with Crippen LogP contribution in [0, 0.1) is 0 Å². The van der Waals surface area contributed by atoms with E-state index in [1.54, 1.807) is 0 Å². The predicted molar refractivity (Wildman–Crippen MR) is 76.2 cm³/mol. The largest absolute Gasteiger partial charge is 0.392 e. The first-order valence-corrected chi connectivity index (χ1v) is 7.05. The average Bonchev–Trinajstić information content (AvgIpc) is 2.83. The maximum Gasteiger partial charge on any atom is 0.0639 e. The van der Waals surface area contributed by atoms with Gasteiger partial charge in [0.25, 0.3) is 0 Å². The highest BCUT2D eigenvalue weighted by Crippen LogP contribution is 2.32. The third-order valence-electron chi connectivity index (χ3n) is 4.07. The van der Waals surface area contributed by atoms with E-state index in [2.05, 4.69) is 21.1 Å². The van der Waals surface area contributed by atoms with Gasteiger partial charge in [-0.2, -0.15) is 0 Å². The van der Waals surface area contributed by atoms with Crippen molar-refractivity contribution in [1.82, 2.24) is 14.9 Å². The van der Waals surface area contributed by atoms with E-state index in [1.165, 1.54) is 16.5 Å². The van der Waals surface area contributed by atoms with Crippen LogP contribution in [0.5, 0.6) is 0 Å². The first kappa shape index (κ1) is 12.6. The topological polar surface area (TPSA) is 52.1 Å². The molecule has 0 spiro atoms. The van der Waals surface area contributed by atoms with Crippen LogP contribution in [0.15, 0.2) is 24.7 Å². The van der Waals surface area contributed by atoms with E-state index in [-0.39, 0.29) is 6.10 Å². The summed E-state index contributed by atoms with van der Waals surface area (Å²) in [6.45, 7) is 4.80. The van der Waals surface area contributed by atoms with E-state index < -0.39 is 0 Å². The molecule has 1 fully saturated rings. The van der Waals surface area contributed by atoms with E-state index in [0.29, 0.717) is 5.92 Å². The Labute approximate surface area is 113 Å². The number of aliphatic hydroxyl groups is 1. The molecule has 4 heteroatoms. The van der Waals surface area contributed by atoms with Gasteiger partial charge in [-0.25, -0.2) is 0 Å². The lowest BCUT2D eigenvalue weighted by Crippen LogP contribution is -2.37. The van der Waals surface area contributed by atoms with Crippen molar-refractivity contribution < 1.29 is 5.11 Å². The summed E-state index contributed by atoms with van der Waals surface area (Å²) >= 11 is 0. The number of nitrogens with zero attached hydrogens (tertiary/aromatic N) is 2. The van der Waals surface area contributed by atoms with E-state index >= 15 is 0 Å². The Hall–Kier alpha value is -1.39. The van der Waals surface area contributed by atoms with Crippen LogP contribution >= 0.6 is 0 Å². The summed E-state index contributed by atoms with van der Waals surface area (Å²) in [4.78, 5) is 9.92. The molecule has 2 aromatic rings. The molecule has 1 unspecified atom stereocenters. The van der Waals surface area contributed by atoms with Crippen molar-refractivity contribution in [3.8, 4) is 0 Å². The number of aromatic nitrogens is 2. The number of hydrogen-bond acceptors (Lipinski definition) is 3. The molecule has 1 saturated heterocycles. The van der Waals surface area contributed by atoms with Crippen molar-refractivity contribution in [3.05, 3.63) is 30.2 Å². The van der Waals surface area contributed by atoms with Crippen LogP contribution in [0.1, 0.15) is 31.2 Å². The summed E-state index contributed by atoms with van der Waals surface area (Å²) in [6.07, 6.45) is 8.02. The van der Waals surface area contributed by atoms with Crippen LogP contribution in [0.4, 0.5) is 0 Å². The summed E-state index contributed by atoms with van der Waals surface area (Å²) in [5, 5.41) is 10.7. The molecule has 3 rings (SSSR count). The zero-order chi connectivity index (χ0) is 13.2. The Bertz CT molecular complexity index is 541. The molecule has 3 heterocycles. The number of pyridine rings is 1. The third kappa shape index (κ3) is 2.65. The van der Waals surface area contributed by atoms with Crippen LogP contribution in [-0.4, -0.2) is 45.7 Å². The monoisotopic (exact) mass is 259 g/mol. The molecule has 1 atom stereocenters. The van der Waals surface area contributed by atoms with Gasteiger partial charge in [0.2, 0.25) is 0 Å². The Balaban J connectivity index is 1.71. The Morgan fingerprint density at radius 3 is 3.00 bits per heavy atom. The SMILES string of the molecule is CC(O)CN1CCC(c2c[nH]c3ccncc23)CC1. The first-order valence-electron chi connectivity index (χ1n) is 7.05. The minimum Gasteiger partial charge on any atom is -0.392 e. The number of aliphatic hydroxyl groups excluding tert-OH is 1. The van der Waals surface area contributed by atoms with Crippen LogP contribution in [-0.2, 0) is 0 Å². The molecule has 102 valence electrons. The second-order valence-electron chi connectivity index (χ2n) is 5.59. The standard InChI is InChI=1S/C15H21N3O/c1-11(19)10-18-6-3-12(4-7-18)13-9-17-15-2-5-16-8-14(13)15/h2,5,8-9,11-12,17,19H,3-4,6-7,10H2,1H3. The summed E-state index contributed by atoms with van der Waals surface area (Å²) in [6, 6.07) is 2.03. The molecule has 2 N–H and O–H groups in total. The predicted octanol–water partition coefficient (Wildman–Crippen LogP) is 2.12. The maximum atomic E-state index is 9.44. The van der Waals surface area contributed by atoms with Gasteiger partial charge in [-0.05, 0) is 50.4 Å². The molecule has 0 saturated carbocycles. The van der Waals surface area contributed by atoms with Crippen molar-refractivity contribution in [3.63, 3.8) is 0 Å². The van der Waals surface area contributed by atoms with Gasteiger partial charge in [-0.15, -0.1) is 0 Å². The van der Waals surface area contributed by atoms with E-state index in [1.807, 2.05) is 25.4 Å². The Kier molecular flexibility index (Phi) is 3.53. The van der Waals surface area contributed by atoms with E-state index in [9.17, 15) is 5.11 Å². The van der Waals surface area contributed by atoms with Crippen LogP contribution < -0.4 is 0 Å². The first-order chi connectivity index (χ1) is 9.24. The van der Waals surface area contributed by atoms with Crippen molar-refractivity contribution >= 4 is 10.9 Å². The summed E-state index contributed by atoms with van der Waals surface area (Å²) < 4.78 is 0. The number of likely N-dealkylation sites (tertiary alicyclic amines) is 1. The fourth-order valence-corrected chi connectivity index (χ4v) is 3.12. The van der Waals surface area contributed by atoms with Gasteiger partial charge in [0.05, 0.1) is 6.10 Å². The molecule has 2 aromatic heterocycles. The quantitative estimate of drug-likeness (QED) is 0.887. The van der Waals surface area contributed by atoms with Crippen LogP contribution in [0.25, 0.3) is 10.9 Å². The van der Waals surface area contributed by atoms with Crippen molar-refractivity contribution in [1.29, 1.82) is 0 Å². The van der Waals surface area contributed by atoms with Crippen molar-refractivity contribution in [2.45, 2.75) is 31.8 Å². The fraction of sp³-hybridized carbons (Fsp3) is 0.533. The molecule has 4 nitrogen and oxygen atoms in total. The lowest BCUT2D eigenvalue weighted by Gasteiger charge is -2.32. The zero-order valence-electron chi connectivity index (χ0n) is 11.3. The summed E-state index contributed by atoms with van der Waals surface area (Å²) in [5.74, 6) is 0.614. The highest BCUT2D eigenvalue weighted by atomic mass is 16.3. The molecule has 0 aliphatic carbocycles. The number of nitrogens with one attached hydrogen (secondary N) is 1. The van der Waals surface area contributed by atoms with Crippen molar-refractivity contribution in [2.24, 2.45) is 0 Å². The lowest BCUT2D eigenvalue weighted by atomic mass is 9.89. The Morgan fingerprint density at radius 2 is 2.26 bits per heavy atom. The van der Waals surface area contributed by atoms with Crippen LogP contribution in [0.3, 0.4) is 0 Å². The molecule has 0 radical (unpaired) electrons. The van der Waals surface area contributed by atoms with Crippen molar-refractivity contribution in [2.75, 3.05) is 19.6 Å². The third-order valence-corrected chi connectivity index (χ3v) is 4.07. The number of piperidine rings is 1. The number of aromatic amines is 1. The molecular weight excluding hydrogens is 238 g/mol. The van der Waals surface area contributed by atoms with Gasteiger partial charge in [-0.3, -0.25) is 4.98 Å². The summed E-state index contributed by atoms with van der Waals surface area (Å²) in [5.41, 5.74) is 2.58. The van der Waals surface area contributed by atoms with Gasteiger partial charge in [0.15, 0.2) is 0 Å². The number of H-pyrrole nitrogens is 1. The second kappa shape index (κ2) is 5.31. The van der Waals surface area contributed by atoms with Gasteiger partial charge < -0.3 is 15.0 Å². The van der Waals surface area contributed by atoms with Gasteiger partial charge in [0.1, 0.15) is 0 Å². The molecule has 0 amide bonds. The maximum absolute atomic E-state index is 9.44. The molecule has 19 heavy (non-hydrogen) atoms. The molecular formula is C15H21N3O. The fourth-order valence-electron chi connectivity index (χ4n) is 3.12. The summed E-state index contributed by atoms with van der Waals surface area (Å²) in [7, 11) is 0. The van der Waals surface area contributed by atoms with Gasteiger partial charge in [-0.1, -0.05) is 0 Å². The molecule has 1 aliphatic rings. The van der Waals surface area contributed by atoms with E-state index in [0.717, 1.165) is 32.5 Å². The highest BCUT2D eigenvalue weighted by Gasteiger charge is 2.23. The van der Waals surface area contributed by atoms with Crippen LogP contribution in [0.2, 0.25) is 0 Å². The number of hydrogen-bond donors (Lipinski definition) is 2. The molecule has 0 bridgehead atoms. The minimum absolute atomic E-state index is 0.228. The smallest absolute Gasteiger partial charge is 0.0639 e. The normalized spacial score (nSPS) is 19.9. The average molecular weight is 259 g/mol. The lowest BCUT2D eigenvalue weighted by molar-refractivity contribution is 0.109. The molecule has 0 aromatic carbocycles. The number of β-amino-alcohol motifs (C(OH)–C–C–N with tert-alkyl or cyclic N) is 1. The van der Waals surface area contributed by atoms with E-state index in [4.69, 9.17) is 0 Å². The zero-order valence-corrected chi connectivity index (χ0v) is 11.3. The van der Waals surface area contributed by atoms with Gasteiger partial charge >= 0.3 is 0 Å². The highest BCUT2D eigenvalue weighted by molar-refractivity contribution is 5.82. The minimum atomic E-state index is -0.228. The second-order valence-corrected chi connectivity index (χ2v) is 5.59. The Morgan fingerprint density at radius 1 is 1.47 bits per heavy atom. The van der Waals surface area contributed by atoms with Gasteiger partial charge in [0, 0.05) is 36.0 Å². The number of rotatable bonds is 3.